The average Bonchev–Trinajstić information content (AvgIpc) is 2.21. The van der Waals surface area contributed by atoms with Gasteiger partial charge in [-0.2, -0.15) is 0 Å². The molecule has 14 heavy (non-hydrogen) atoms. The summed E-state index contributed by atoms with van der Waals surface area (Å²) in [6.07, 6.45) is 4.56. The van der Waals surface area contributed by atoms with E-state index in [-0.39, 0.29) is 0 Å². The Kier molecular flexibility index (Phi) is 21.8. The van der Waals surface area contributed by atoms with E-state index in [0.717, 1.165) is 52.1 Å². The van der Waals surface area contributed by atoms with Gasteiger partial charge in [-0.15, -0.1) is 0 Å². The second kappa shape index (κ2) is 18.7. The van der Waals surface area contributed by atoms with Crippen molar-refractivity contribution in [3.63, 3.8) is 0 Å². The monoisotopic (exact) mass is 204 g/mol. The maximum absolute atomic E-state index is 5.13. The summed E-state index contributed by atoms with van der Waals surface area (Å²) in [6, 6.07) is 0. The summed E-state index contributed by atoms with van der Waals surface area (Å²) < 4.78 is 10.3. The summed E-state index contributed by atoms with van der Waals surface area (Å²) in [5, 5.41) is 0. The quantitative estimate of drug-likeness (QED) is 0.562. The molecule has 0 bridgehead atoms. The normalized spacial score (nSPS) is 9.43. The van der Waals surface area contributed by atoms with Gasteiger partial charge < -0.3 is 9.47 Å². The Balaban J connectivity index is 0. The highest BCUT2D eigenvalue weighted by molar-refractivity contribution is 4.25. The van der Waals surface area contributed by atoms with Crippen LogP contribution >= 0.6 is 0 Å². The molecule has 0 aliphatic carbocycles. The van der Waals surface area contributed by atoms with Gasteiger partial charge in [0.1, 0.15) is 0 Å². The molecule has 0 radical (unpaired) electrons. The number of rotatable bonds is 8. The van der Waals surface area contributed by atoms with Crippen molar-refractivity contribution < 1.29 is 9.47 Å². The molecule has 0 heterocycles. The van der Waals surface area contributed by atoms with Crippen LogP contribution in [0, 0.1) is 0 Å². The molecule has 0 aromatic heterocycles. The van der Waals surface area contributed by atoms with Gasteiger partial charge in [-0.05, 0) is 25.7 Å². The fraction of sp³-hybridized carbons (Fsp3) is 1.00. The minimum absolute atomic E-state index is 0.924. The molecule has 0 aromatic rings. The molecule has 0 amide bonds. The zero-order valence-electron chi connectivity index (χ0n) is 10.5. The van der Waals surface area contributed by atoms with Gasteiger partial charge in [-0.25, -0.2) is 0 Å². The van der Waals surface area contributed by atoms with Gasteiger partial charge in [-0.3, -0.25) is 0 Å². The van der Waals surface area contributed by atoms with Gasteiger partial charge >= 0.3 is 0 Å². The van der Waals surface area contributed by atoms with Crippen LogP contribution in [-0.4, -0.2) is 26.4 Å². The lowest BCUT2D eigenvalue weighted by atomic mass is 10.5. The zero-order chi connectivity index (χ0) is 11.1. The van der Waals surface area contributed by atoms with Gasteiger partial charge in [-0.1, -0.05) is 27.7 Å². The van der Waals surface area contributed by atoms with E-state index >= 15 is 0 Å². The van der Waals surface area contributed by atoms with Crippen LogP contribution in [0.15, 0.2) is 0 Å². The highest BCUT2D eigenvalue weighted by Gasteiger charge is 1.78. The molecule has 0 aliphatic heterocycles. The Labute approximate surface area is 90.0 Å². The molecule has 2 nitrogen and oxygen atoms in total. The van der Waals surface area contributed by atoms with Crippen molar-refractivity contribution in [2.75, 3.05) is 26.4 Å². The van der Waals surface area contributed by atoms with Gasteiger partial charge in [0.15, 0.2) is 0 Å². The molecule has 0 spiro atoms. The first-order chi connectivity index (χ1) is 6.83. The van der Waals surface area contributed by atoms with Crippen molar-refractivity contribution in [3.05, 3.63) is 0 Å². The van der Waals surface area contributed by atoms with Gasteiger partial charge in [0, 0.05) is 26.4 Å². The van der Waals surface area contributed by atoms with E-state index in [9.17, 15) is 0 Å². The summed E-state index contributed by atoms with van der Waals surface area (Å²) in [4.78, 5) is 0. The summed E-state index contributed by atoms with van der Waals surface area (Å²) in [5.74, 6) is 0. The van der Waals surface area contributed by atoms with Crippen LogP contribution in [0.5, 0.6) is 0 Å². The van der Waals surface area contributed by atoms with E-state index in [0.29, 0.717) is 0 Å². The van der Waals surface area contributed by atoms with E-state index in [1.165, 1.54) is 0 Å². The number of hydrogen-bond acceptors (Lipinski definition) is 2. The van der Waals surface area contributed by atoms with E-state index in [1.807, 2.05) is 0 Å². The largest absolute Gasteiger partial charge is 0.381 e. The van der Waals surface area contributed by atoms with Crippen molar-refractivity contribution in [1.82, 2.24) is 0 Å². The summed E-state index contributed by atoms with van der Waals surface area (Å²) in [6.45, 7) is 12.2. The second-order valence-corrected chi connectivity index (χ2v) is 3.22. The third-order valence-electron chi connectivity index (χ3n) is 1.39. The maximum Gasteiger partial charge on any atom is 0.0463 e. The molecule has 0 aliphatic rings. The van der Waals surface area contributed by atoms with E-state index in [1.54, 1.807) is 0 Å². The third-order valence-corrected chi connectivity index (χ3v) is 1.39. The van der Waals surface area contributed by atoms with E-state index < -0.39 is 0 Å². The first kappa shape index (κ1) is 16.4. The minimum atomic E-state index is 0.924. The molecular formula is C12H28O2. The SMILES string of the molecule is CCCOCCC.CCCOCCC. The van der Waals surface area contributed by atoms with Crippen LogP contribution in [0.4, 0.5) is 0 Å². The first-order valence-corrected chi connectivity index (χ1v) is 5.98. The highest BCUT2D eigenvalue weighted by Crippen LogP contribution is 1.82. The fourth-order valence-corrected chi connectivity index (χ4v) is 0.781. The predicted molar refractivity (Wildman–Crippen MR) is 62.8 cm³/mol. The number of ether oxygens (including phenoxy) is 2. The van der Waals surface area contributed by atoms with E-state index in [4.69, 9.17) is 9.47 Å². The summed E-state index contributed by atoms with van der Waals surface area (Å²) in [7, 11) is 0. The standard InChI is InChI=1S/2C6H14O/c2*1-3-5-7-6-4-2/h2*3-6H2,1-2H3. The molecule has 0 saturated carbocycles. The molecule has 0 saturated heterocycles. The predicted octanol–water partition coefficient (Wildman–Crippen LogP) is 3.65. The molecule has 0 unspecified atom stereocenters. The summed E-state index contributed by atoms with van der Waals surface area (Å²) >= 11 is 0. The molecule has 88 valence electrons. The van der Waals surface area contributed by atoms with Crippen molar-refractivity contribution in [3.8, 4) is 0 Å². The van der Waals surface area contributed by atoms with Crippen LogP contribution in [-0.2, 0) is 9.47 Å². The Bertz CT molecular complexity index is 56.7. The minimum Gasteiger partial charge on any atom is -0.381 e. The maximum atomic E-state index is 5.13. The molecule has 0 rings (SSSR count). The van der Waals surface area contributed by atoms with Crippen LogP contribution in [0.1, 0.15) is 53.4 Å². The summed E-state index contributed by atoms with van der Waals surface area (Å²) in [5.41, 5.74) is 0. The van der Waals surface area contributed by atoms with Crippen LogP contribution in [0.3, 0.4) is 0 Å². The number of hydrogen-bond donors (Lipinski definition) is 0. The molecule has 0 N–H and O–H groups in total. The molecule has 2 heteroatoms. The lowest BCUT2D eigenvalue weighted by Crippen LogP contribution is -1.92. The van der Waals surface area contributed by atoms with Gasteiger partial charge in [0.05, 0.1) is 0 Å². The van der Waals surface area contributed by atoms with Crippen molar-refractivity contribution in [1.29, 1.82) is 0 Å². The second-order valence-electron chi connectivity index (χ2n) is 3.22. The van der Waals surface area contributed by atoms with Crippen LogP contribution < -0.4 is 0 Å². The average molecular weight is 204 g/mol. The Morgan fingerprint density at radius 2 is 0.714 bits per heavy atom. The lowest BCUT2D eigenvalue weighted by molar-refractivity contribution is 0.135. The van der Waals surface area contributed by atoms with Crippen LogP contribution in [0.2, 0.25) is 0 Å². The lowest BCUT2D eigenvalue weighted by Gasteiger charge is -1.95. The zero-order valence-corrected chi connectivity index (χ0v) is 10.5. The van der Waals surface area contributed by atoms with Gasteiger partial charge in [0.2, 0.25) is 0 Å². The molecule has 0 aromatic carbocycles. The smallest absolute Gasteiger partial charge is 0.0463 e. The highest BCUT2D eigenvalue weighted by atomic mass is 16.5. The molecule has 0 atom stereocenters. The van der Waals surface area contributed by atoms with Gasteiger partial charge in [0.25, 0.3) is 0 Å². The molecule has 0 fully saturated rings. The van der Waals surface area contributed by atoms with Crippen LogP contribution in [0.25, 0.3) is 0 Å². The fourth-order valence-electron chi connectivity index (χ4n) is 0.781. The third kappa shape index (κ3) is 22.7. The topological polar surface area (TPSA) is 18.5 Å². The van der Waals surface area contributed by atoms with Crippen molar-refractivity contribution >= 4 is 0 Å². The van der Waals surface area contributed by atoms with E-state index in [2.05, 4.69) is 27.7 Å². The Morgan fingerprint density at radius 1 is 0.500 bits per heavy atom. The Morgan fingerprint density at radius 3 is 0.857 bits per heavy atom. The first-order valence-electron chi connectivity index (χ1n) is 5.98. The Hall–Kier alpha value is -0.0800. The molecular weight excluding hydrogens is 176 g/mol. The van der Waals surface area contributed by atoms with Crippen molar-refractivity contribution in [2.45, 2.75) is 53.4 Å². The van der Waals surface area contributed by atoms with Crippen molar-refractivity contribution in [2.24, 2.45) is 0 Å².